The molecule has 1 amide bonds. The van der Waals surface area contributed by atoms with Gasteiger partial charge in [0, 0.05) is 19.0 Å². The van der Waals surface area contributed by atoms with Crippen molar-refractivity contribution in [1.82, 2.24) is 5.32 Å². The number of amides is 1. The average molecular weight is 376 g/mol. The van der Waals surface area contributed by atoms with Crippen molar-refractivity contribution in [3.63, 3.8) is 0 Å². The van der Waals surface area contributed by atoms with Crippen LogP contribution in [-0.4, -0.2) is 41.6 Å². The van der Waals surface area contributed by atoms with Crippen LogP contribution in [0.5, 0.6) is 5.75 Å². The first kappa shape index (κ1) is 22.6. The summed E-state index contributed by atoms with van der Waals surface area (Å²) in [5, 5.41) is 25.1. The molecule has 0 fully saturated rings. The molecule has 0 radical (unpaired) electrons. The molecule has 0 bridgehead atoms. The van der Waals surface area contributed by atoms with Crippen LogP contribution < -0.4 is 15.4 Å². The van der Waals surface area contributed by atoms with E-state index in [0.717, 1.165) is 6.42 Å². The molecule has 140 valence electrons. The quantitative estimate of drug-likeness (QED) is 0.422. The first-order valence-electron chi connectivity index (χ1n) is 7.47. The molecule has 1 aromatic rings. The molecule has 10 heteroatoms. The highest BCUT2D eigenvalue weighted by Gasteiger charge is 2.16. The molecule has 0 saturated heterocycles. The van der Waals surface area contributed by atoms with Crippen molar-refractivity contribution >= 4 is 35.7 Å². The zero-order valence-electron chi connectivity index (χ0n) is 14.0. The summed E-state index contributed by atoms with van der Waals surface area (Å²) in [6.07, 6.45) is 1.26. The number of non-ortho nitro benzene ring substituents is 1. The lowest BCUT2D eigenvalue weighted by Gasteiger charge is -2.14. The molecule has 0 aliphatic heterocycles. The highest BCUT2D eigenvalue weighted by molar-refractivity contribution is 5.92. The Morgan fingerprint density at radius 3 is 2.60 bits per heavy atom. The van der Waals surface area contributed by atoms with Crippen LogP contribution >= 0.6 is 12.4 Å². The molecule has 0 spiro atoms. The van der Waals surface area contributed by atoms with E-state index in [1.54, 1.807) is 0 Å². The smallest absolute Gasteiger partial charge is 0.320 e. The van der Waals surface area contributed by atoms with Crippen molar-refractivity contribution in [2.24, 2.45) is 0 Å². The summed E-state index contributed by atoms with van der Waals surface area (Å²) >= 11 is 0. The van der Waals surface area contributed by atoms with Crippen molar-refractivity contribution in [3.05, 3.63) is 28.3 Å². The molecule has 1 rings (SSSR count). The van der Waals surface area contributed by atoms with Crippen molar-refractivity contribution in [3.8, 4) is 5.75 Å². The lowest BCUT2D eigenvalue weighted by molar-refractivity contribution is -0.384. The fourth-order valence-electron chi connectivity index (χ4n) is 2.07. The molecular weight excluding hydrogens is 354 g/mol. The molecule has 0 aromatic heterocycles. The molecule has 3 N–H and O–H groups in total. The number of hydrogen-bond donors (Lipinski definition) is 3. The average Bonchev–Trinajstić information content (AvgIpc) is 2.54. The van der Waals surface area contributed by atoms with Gasteiger partial charge in [-0.2, -0.15) is 0 Å². The number of hydrogen-bond acceptors (Lipinski definition) is 6. The van der Waals surface area contributed by atoms with E-state index in [0.29, 0.717) is 12.1 Å². The van der Waals surface area contributed by atoms with Crippen molar-refractivity contribution in [2.45, 2.75) is 32.2 Å². The number of methoxy groups -OCH3 is 1. The molecule has 0 aliphatic carbocycles. The highest BCUT2D eigenvalue weighted by atomic mass is 35.5. The van der Waals surface area contributed by atoms with Crippen molar-refractivity contribution < 1.29 is 24.4 Å². The van der Waals surface area contributed by atoms with Crippen LogP contribution in [0, 0.1) is 10.1 Å². The zero-order valence-corrected chi connectivity index (χ0v) is 14.8. The minimum atomic E-state index is -0.950. The number of aliphatic carboxylic acids is 1. The third-order valence-corrected chi connectivity index (χ3v) is 3.29. The number of benzene rings is 1. The SMILES string of the molecule is CCCC(NCCC(=O)Nc1ccc([N+](=O)[O-])cc1OC)C(=O)O.Cl. The standard InChI is InChI=1S/C15H21N3O6.ClH/c1-3-4-12(15(20)21)16-8-7-14(19)17-11-6-5-10(18(22)23)9-13(11)24-2;/h5-6,9,12,16H,3-4,7-8H2,1-2H3,(H,17,19)(H,20,21);1H. The lowest BCUT2D eigenvalue weighted by Crippen LogP contribution is -2.38. The van der Waals surface area contributed by atoms with Gasteiger partial charge in [0.25, 0.3) is 5.69 Å². The number of carbonyl (C=O) groups is 2. The van der Waals surface area contributed by atoms with Gasteiger partial charge in [-0.05, 0) is 12.5 Å². The van der Waals surface area contributed by atoms with E-state index in [1.165, 1.54) is 25.3 Å². The van der Waals surface area contributed by atoms with E-state index in [1.807, 2.05) is 6.92 Å². The van der Waals surface area contributed by atoms with E-state index in [4.69, 9.17) is 9.84 Å². The number of nitrogens with one attached hydrogen (secondary N) is 2. The Kier molecular flexibility index (Phi) is 10.1. The molecule has 1 atom stereocenters. The van der Waals surface area contributed by atoms with Gasteiger partial charge in [0.1, 0.15) is 11.8 Å². The highest BCUT2D eigenvalue weighted by Crippen LogP contribution is 2.28. The minimum Gasteiger partial charge on any atom is -0.494 e. The zero-order chi connectivity index (χ0) is 18.1. The maximum absolute atomic E-state index is 11.9. The van der Waals surface area contributed by atoms with Gasteiger partial charge in [-0.3, -0.25) is 19.7 Å². The maximum Gasteiger partial charge on any atom is 0.320 e. The number of ether oxygens (including phenoxy) is 1. The third kappa shape index (κ3) is 7.36. The second-order valence-electron chi connectivity index (χ2n) is 5.07. The molecule has 1 aromatic carbocycles. The molecule has 0 aliphatic rings. The summed E-state index contributed by atoms with van der Waals surface area (Å²) in [5.41, 5.74) is 0.173. The number of carbonyl (C=O) groups excluding carboxylic acids is 1. The van der Waals surface area contributed by atoms with E-state index in [9.17, 15) is 19.7 Å². The second kappa shape index (κ2) is 11.2. The van der Waals surface area contributed by atoms with E-state index >= 15 is 0 Å². The van der Waals surface area contributed by atoms with E-state index in [2.05, 4.69) is 10.6 Å². The summed E-state index contributed by atoms with van der Waals surface area (Å²) in [5.74, 6) is -1.12. The number of nitrogens with zero attached hydrogens (tertiary/aromatic N) is 1. The second-order valence-corrected chi connectivity index (χ2v) is 5.07. The van der Waals surface area contributed by atoms with Crippen LogP contribution in [0.2, 0.25) is 0 Å². The van der Waals surface area contributed by atoms with Gasteiger partial charge in [-0.1, -0.05) is 13.3 Å². The van der Waals surface area contributed by atoms with Gasteiger partial charge in [-0.25, -0.2) is 0 Å². The number of nitro groups is 1. The largest absolute Gasteiger partial charge is 0.494 e. The summed E-state index contributed by atoms with van der Waals surface area (Å²) in [6, 6.07) is 3.18. The topological polar surface area (TPSA) is 131 Å². The molecule has 9 nitrogen and oxygen atoms in total. The number of halogens is 1. The molecular formula is C15H22ClN3O6. The van der Waals surface area contributed by atoms with Crippen LogP contribution in [0.3, 0.4) is 0 Å². The number of rotatable bonds is 10. The van der Waals surface area contributed by atoms with Crippen LogP contribution in [0.4, 0.5) is 11.4 Å². The summed E-state index contributed by atoms with van der Waals surface area (Å²) < 4.78 is 5.03. The van der Waals surface area contributed by atoms with Crippen molar-refractivity contribution in [1.29, 1.82) is 0 Å². The first-order chi connectivity index (χ1) is 11.4. The summed E-state index contributed by atoms with van der Waals surface area (Å²) in [6.45, 7) is 2.09. The van der Waals surface area contributed by atoms with Gasteiger partial charge in [0.15, 0.2) is 0 Å². The van der Waals surface area contributed by atoms with E-state index in [-0.39, 0.29) is 42.7 Å². The van der Waals surface area contributed by atoms with Gasteiger partial charge in [0.2, 0.25) is 5.91 Å². The van der Waals surface area contributed by atoms with Gasteiger partial charge >= 0.3 is 5.97 Å². The third-order valence-electron chi connectivity index (χ3n) is 3.29. The number of anilines is 1. The van der Waals surface area contributed by atoms with E-state index < -0.39 is 16.9 Å². The lowest BCUT2D eigenvalue weighted by atomic mass is 10.1. The molecule has 0 heterocycles. The maximum atomic E-state index is 11.9. The fourth-order valence-corrected chi connectivity index (χ4v) is 2.07. The summed E-state index contributed by atoms with van der Waals surface area (Å²) in [4.78, 5) is 33.1. The molecule has 25 heavy (non-hydrogen) atoms. The van der Waals surface area contributed by atoms with Crippen molar-refractivity contribution in [2.75, 3.05) is 19.0 Å². The Balaban J connectivity index is 0.00000576. The minimum absolute atomic E-state index is 0. The van der Waals surface area contributed by atoms with Crippen LogP contribution in [-0.2, 0) is 9.59 Å². The van der Waals surface area contributed by atoms with Gasteiger partial charge in [0.05, 0.1) is 23.8 Å². The Morgan fingerprint density at radius 1 is 1.40 bits per heavy atom. The number of carboxylic acid groups (broad SMARTS) is 1. The predicted octanol–water partition coefficient (Wildman–Crippen LogP) is 2.20. The monoisotopic (exact) mass is 375 g/mol. The molecule has 1 unspecified atom stereocenters. The number of carboxylic acids is 1. The van der Waals surface area contributed by atoms with Crippen LogP contribution in [0.25, 0.3) is 0 Å². The fraction of sp³-hybridized carbons (Fsp3) is 0.467. The van der Waals surface area contributed by atoms with Crippen LogP contribution in [0.1, 0.15) is 26.2 Å². The Morgan fingerprint density at radius 2 is 2.08 bits per heavy atom. The Labute approximate surface area is 151 Å². The summed E-state index contributed by atoms with van der Waals surface area (Å²) in [7, 11) is 1.35. The molecule has 0 saturated carbocycles. The van der Waals surface area contributed by atoms with Gasteiger partial charge in [-0.15, -0.1) is 12.4 Å². The Bertz CT molecular complexity index is 611. The predicted molar refractivity (Wildman–Crippen MR) is 94.5 cm³/mol. The first-order valence-corrected chi connectivity index (χ1v) is 7.47. The number of nitro benzene ring substituents is 1. The Hall–Kier alpha value is -2.39. The van der Waals surface area contributed by atoms with Crippen LogP contribution in [0.15, 0.2) is 18.2 Å². The normalized spacial score (nSPS) is 11.1. The van der Waals surface area contributed by atoms with Gasteiger partial charge < -0.3 is 20.5 Å².